The first-order chi connectivity index (χ1) is 13.9. The van der Waals surface area contributed by atoms with E-state index in [1.807, 2.05) is 6.07 Å². The molecule has 0 unspecified atom stereocenters. The summed E-state index contributed by atoms with van der Waals surface area (Å²) in [6.45, 7) is 7.32. The zero-order chi connectivity index (χ0) is 21.3. The van der Waals surface area contributed by atoms with E-state index < -0.39 is 10.0 Å². The van der Waals surface area contributed by atoms with Crippen LogP contribution in [0.25, 0.3) is 0 Å². The molecule has 8 heteroatoms. The van der Waals surface area contributed by atoms with Crippen LogP contribution < -0.4 is 10.1 Å². The van der Waals surface area contributed by atoms with Gasteiger partial charge in [0, 0.05) is 37.0 Å². The third kappa shape index (κ3) is 6.01. The van der Waals surface area contributed by atoms with E-state index in [1.165, 1.54) is 28.6 Å². The molecule has 1 aromatic heterocycles. The molecule has 7 nitrogen and oxygen atoms in total. The van der Waals surface area contributed by atoms with Crippen LogP contribution in [0.15, 0.2) is 47.5 Å². The summed E-state index contributed by atoms with van der Waals surface area (Å²) in [5.74, 6) is 0.224. The molecule has 0 saturated heterocycles. The molecule has 1 amide bonds. The number of nitrogens with zero attached hydrogens (tertiary/aromatic N) is 2. The van der Waals surface area contributed by atoms with Crippen LogP contribution in [0.5, 0.6) is 5.88 Å². The highest BCUT2D eigenvalue weighted by Gasteiger charge is 2.21. The molecular weight excluding hydrogens is 390 g/mol. The molecule has 29 heavy (non-hydrogen) atoms. The lowest BCUT2D eigenvalue weighted by Gasteiger charge is -2.18. The molecular formula is C21H29N3O4S. The molecule has 0 radical (unpaired) electrons. The first-order valence-electron chi connectivity index (χ1n) is 9.89. The summed E-state index contributed by atoms with van der Waals surface area (Å²) in [6, 6.07) is 9.62. The van der Waals surface area contributed by atoms with Gasteiger partial charge < -0.3 is 10.1 Å². The Morgan fingerprint density at radius 3 is 2.41 bits per heavy atom. The number of carbonyl (C=O) groups excluding carboxylic acids is 1. The second kappa shape index (κ2) is 10.9. The minimum Gasteiger partial charge on any atom is -0.477 e. The van der Waals surface area contributed by atoms with Crippen molar-refractivity contribution >= 4 is 15.9 Å². The molecule has 1 heterocycles. The Kier molecular flexibility index (Phi) is 8.60. The van der Waals surface area contributed by atoms with Gasteiger partial charge in [0.25, 0.3) is 5.91 Å². The monoisotopic (exact) mass is 419 g/mol. The Labute approximate surface area is 173 Å². The standard InChI is InChI=1S/C21H29N3O4S/c1-4-7-15-28-21-18(9-8-14-22-21)16-23-20(25)17-10-12-19(13-11-17)29(26,27)24(5-2)6-3/h8-14H,4-7,15-16H2,1-3H3,(H,23,25). The number of rotatable bonds is 11. The van der Waals surface area contributed by atoms with Crippen LogP contribution in [0, 0.1) is 0 Å². The molecule has 2 aromatic rings. The summed E-state index contributed by atoms with van der Waals surface area (Å²) >= 11 is 0. The number of aromatic nitrogens is 1. The number of sulfonamides is 1. The van der Waals surface area contributed by atoms with Crippen molar-refractivity contribution in [2.75, 3.05) is 19.7 Å². The van der Waals surface area contributed by atoms with Crippen molar-refractivity contribution in [3.63, 3.8) is 0 Å². The number of carbonyl (C=O) groups is 1. The molecule has 0 bridgehead atoms. The molecule has 0 aliphatic rings. The second-order valence-electron chi connectivity index (χ2n) is 6.47. The lowest BCUT2D eigenvalue weighted by Crippen LogP contribution is -2.30. The van der Waals surface area contributed by atoms with E-state index >= 15 is 0 Å². The predicted molar refractivity (Wildman–Crippen MR) is 112 cm³/mol. The normalized spacial score (nSPS) is 11.4. The van der Waals surface area contributed by atoms with Crippen LogP contribution in [-0.4, -0.2) is 43.3 Å². The topological polar surface area (TPSA) is 88.6 Å². The van der Waals surface area contributed by atoms with E-state index in [-0.39, 0.29) is 17.3 Å². The van der Waals surface area contributed by atoms with Gasteiger partial charge in [0.1, 0.15) is 0 Å². The first-order valence-corrected chi connectivity index (χ1v) is 11.3. The lowest BCUT2D eigenvalue weighted by atomic mass is 10.2. The third-order valence-corrected chi connectivity index (χ3v) is 6.55. The van der Waals surface area contributed by atoms with Crippen molar-refractivity contribution in [1.82, 2.24) is 14.6 Å². The average molecular weight is 420 g/mol. The van der Waals surface area contributed by atoms with Crippen LogP contribution in [0.3, 0.4) is 0 Å². The fraction of sp³-hybridized carbons (Fsp3) is 0.429. The molecule has 0 saturated carbocycles. The molecule has 2 rings (SSSR count). The highest BCUT2D eigenvalue weighted by atomic mass is 32.2. The Morgan fingerprint density at radius 1 is 1.10 bits per heavy atom. The van der Waals surface area contributed by atoms with Gasteiger partial charge in [-0.05, 0) is 36.8 Å². The van der Waals surface area contributed by atoms with Gasteiger partial charge in [-0.1, -0.05) is 33.3 Å². The number of benzene rings is 1. The Morgan fingerprint density at radius 2 is 1.79 bits per heavy atom. The molecule has 158 valence electrons. The van der Waals surface area contributed by atoms with Crippen LogP contribution in [0.1, 0.15) is 49.5 Å². The lowest BCUT2D eigenvalue weighted by molar-refractivity contribution is 0.0950. The van der Waals surface area contributed by atoms with Gasteiger partial charge in [0.05, 0.1) is 11.5 Å². The number of amides is 1. The molecule has 0 spiro atoms. The number of unbranched alkanes of at least 4 members (excludes halogenated alkanes) is 1. The second-order valence-corrected chi connectivity index (χ2v) is 8.40. The Hall–Kier alpha value is -2.45. The molecule has 0 fully saturated rings. The Balaban J connectivity index is 2.04. The van der Waals surface area contributed by atoms with Gasteiger partial charge in [-0.15, -0.1) is 0 Å². The van der Waals surface area contributed by atoms with E-state index in [0.29, 0.717) is 31.1 Å². The fourth-order valence-corrected chi connectivity index (χ4v) is 4.23. The van der Waals surface area contributed by atoms with Gasteiger partial charge in [-0.3, -0.25) is 4.79 Å². The van der Waals surface area contributed by atoms with Gasteiger partial charge in [-0.25, -0.2) is 13.4 Å². The number of nitrogens with one attached hydrogen (secondary N) is 1. The molecule has 1 aromatic carbocycles. The number of hydrogen-bond donors (Lipinski definition) is 1. The first kappa shape index (κ1) is 22.8. The predicted octanol–water partition coefficient (Wildman–Crippen LogP) is 3.22. The maximum absolute atomic E-state index is 12.5. The summed E-state index contributed by atoms with van der Waals surface area (Å²) in [5, 5.41) is 2.83. The number of ether oxygens (including phenoxy) is 1. The highest BCUT2D eigenvalue weighted by molar-refractivity contribution is 7.89. The van der Waals surface area contributed by atoms with Crippen LogP contribution in [-0.2, 0) is 16.6 Å². The summed E-state index contributed by atoms with van der Waals surface area (Å²) in [6.07, 6.45) is 3.62. The minimum absolute atomic E-state index is 0.177. The van der Waals surface area contributed by atoms with Crippen LogP contribution in [0.2, 0.25) is 0 Å². The summed E-state index contributed by atoms with van der Waals surface area (Å²) in [7, 11) is -3.54. The van der Waals surface area contributed by atoms with Crippen molar-refractivity contribution in [3.8, 4) is 5.88 Å². The van der Waals surface area contributed by atoms with E-state index in [9.17, 15) is 13.2 Å². The maximum Gasteiger partial charge on any atom is 0.251 e. The molecule has 1 N–H and O–H groups in total. The number of pyridine rings is 1. The number of hydrogen-bond acceptors (Lipinski definition) is 5. The fourth-order valence-electron chi connectivity index (χ4n) is 2.77. The highest BCUT2D eigenvalue weighted by Crippen LogP contribution is 2.17. The van der Waals surface area contributed by atoms with Crippen LogP contribution >= 0.6 is 0 Å². The van der Waals surface area contributed by atoms with E-state index in [1.54, 1.807) is 26.1 Å². The van der Waals surface area contributed by atoms with Crippen molar-refractivity contribution in [2.24, 2.45) is 0 Å². The zero-order valence-corrected chi connectivity index (χ0v) is 18.0. The summed E-state index contributed by atoms with van der Waals surface area (Å²) < 4.78 is 32.1. The van der Waals surface area contributed by atoms with Crippen LogP contribution in [0.4, 0.5) is 0 Å². The van der Waals surface area contributed by atoms with E-state index in [2.05, 4.69) is 17.2 Å². The summed E-state index contributed by atoms with van der Waals surface area (Å²) in [5.41, 5.74) is 1.18. The van der Waals surface area contributed by atoms with Crippen molar-refractivity contribution < 1.29 is 17.9 Å². The largest absolute Gasteiger partial charge is 0.477 e. The molecule has 0 aliphatic heterocycles. The van der Waals surface area contributed by atoms with Crippen molar-refractivity contribution in [1.29, 1.82) is 0 Å². The van der Waals surface area contributed by atoms with E-state index in [4.69, 9.17) is 4.74 Å². The van der Waals surface area contributed by atoms with Crippen molar-refractivity contribution in [2.45, 2.75) is 45.1 Å². The smallest absolute Gasteiger partial charge is 0.251 e. The third-order valence-electron chi connectivity index (χ3n) is 4.49. The maximum atomic E-state index is 12.5. The molecule has 0 atom stereocenters. The zero-order valence-electron chi connectivity index (χ0n) is 17.2. The Bertz CT molecular complexity index is 894. The van der Waals surface area contributed by atoms with Crippen molar-refractivity contribution in [3.05, 3.63) is 53.7 Å². The van der Waals surface area contributed by atoms with Gasteiger partial charge >= 0.3 is 0 Å². The van der Waals surface area contributed by atoms with E-state index in [0.717, 1.165) is 18.4 Å². The van der Waals surface area contributed by atoms with Gasteiger partial charge in [0.2, 0.25) is 15.9 Å². The molecule has 0 aliphatic carbocycles. The SMILES string of the molecule is CCCCOc1ncccc1CNC(=O)c1ccc(S(=O)(=O)N(CC)CC)cc1. The quantitative estimate of drug-likeness (QED) is 0.565. The van der Waals surface area contributed by atoms with Gasteiger partial charge in [-0.2, -0.15) is 4.31 Å². The van der Waals surface area contributed by atoms with Gasteiger partial charge in [0.15, 0.2) is 0 Å². The summed E-state index contributed by atoms with van der Waals surface area (Å²) in [4.78, 5) is 16.9. The average Bonchev–Trinajstić information content (AvgIpc) is 2.73. The minimum atomic E-state index is -3.54.